The Hall–Kier alpha value is -2.18. The van der Waals surface area contributed by atoms with Crippen LogP contribution in [0.25, 0.3) is 11.6 Å². The minimum absolute atomic E-state index is 0.177. The van der Waals surface area contributed by atoms with Crippen molar-refractivity contribution >= 4 is 5.91 Å². The summed E-state index contributed by atoms with van der Waals surface area (Å²) in [6.07, 6.45) is 4.35. The minimum atomic E-state index is 0.177. The number of nitrogens with zero attached hydrogens (tertiary/aromatic N) is 5. The lowest BCUT2D eigenvalue weighted by Crippen LogP contribution is -2.35. The van der Waals surface area contributed by atoms with Crippen molar-refractivity contribution < 1.29 is 9.21 Å². The van der Waals surface area contributed by atoms with Crippen LogP contribution in [-0.2, 0) is 18.3 Å². The zero-order valence-corrected chi connectivity index (χ0v) is 13.1. The van der Waals surface area contributed by atoms with E-state index in [0.717, 1.165) is 37.3 Å². The summed E-state index contributed by atoms with van der Waals surface area (Å²) in [7, 11) is 1.84. The Morgan fingerprint density at radius 1 is 1.27 bits per heavy atom. The van der Waals surface area contributed by atoms with E-state index >= 15 is 0 Å². The van der Waals surface area contributed by atoms with Gasteiger partial charge in [-0.05, 0) is 32.3 Å². The fourth-order valence-electron chi connectivity index (χ4n) is 2.78. The van der Waals surface area contributed by atoms with E-state index in [2.05, 4.69) is 15.3 Å². The Kier molecular flexibility index (Phi) is 4.22. The SMILES string of the molecule is Cc1cc(-c2nnc(CCC(=O)N3CCCCC3)o2)n(C)n1. The van der Waals surface area contributed by atoms with Crippen LogP contribution in [0.15, 0.2) is 10.5 Å². The topological polar surface area (TPSA) is 77.0 Å². The molecule has 1 aliphatic rings. The molecule has 1 aliphatic heterocycles. The highest BCUT2D eigenvalue weighted by molar-refractivity contribution is 5.76. The van der Waals surface area contributed by atoms with Gasteiger partial charge >= 0.3 is 0 Å². The fraction of sp³-hybridized carbons (Fsp3) is 0.600. The zero-order chi connectivity index (χ0) is 15.5. The molecular formula is C15H21N5O2. The van der Waals surface area contributed by atoms with Gasteiger partial charge in [0.05, 0.1) is 5.69 Å². The molecule has 2 aromatic heterocycles. The van der Waals surface area contributed by atoms with Gasteiger partial charge in [0.1, 0.15) is 5.69 Å². The van der Waals surface area contributed by atoms with Crippen LogP contribution in [0, 0.1) is 6.92 Å². The molecule has 0 radical (unpaired) electrons. The van der Waals surface area contributed by atoms with Crippen LogP contribution in [0.2, 0.25) is 0 Å². The molecule has 3 rings (SSSR count). The maximum absolute atomic E-state index is 12.1. The van der Waals surface area contributed by atoms with Crippen LogP contribution in [0.1, 0.15) is 37.3 Å². The van der Waals surface area contributed by atoms with Gasteiger partial charge in [0.25, 0.3) is 5.89 Å². The van der Waals surface area contributed by atoms with Crippen molar-refractivity contribution in [2.75, 3.05) is 13.1 Å². The predicted molar refractivity (Wildman–Crippen MR) is 80.0 cm³/mol. The lowest BCUT2D eigenvalue weighted by molar-refractivity contribution is -0.132. The molecular weight excluding hydrogens is 282 g/mol. The number of aryl methyl sites for hydroxylation is 3. The first-order chi connectivity index (χ1) is 10.6. The number of likely N-dealkylation sites (tertiary alicyclic amines) is 1. The number of carbonyl (C=O) groups excluding carboxylic acids is 1. The molecule has 1 saturated heterocycles. The van der Waals surface area contributed by atoms with E-state index < -0.39 is 0 Å². The van der Waals surface area contributed by atoms with Gasteiger partial charge in [0, 0.05) is 33.0 Å². The van der Waals surface area contributed by atoms with Crippen molar-refractivity contribution in [1.29, 1.82) is 0 Å². The minimum Gasteiger partial charge on any atom is -0.419 e. The van der Waals surface area contributed by atoms with Crippen LogP contribution in [0.3, 0.4) is 0 Å². The number of hydrogen-bond acceptors (Lipinski definition) is 5. The second-order valence-corrected chi connectivity index (χ2v) is 5.74. The van der Waals surface area contributed by atoms with Crippen LogP contribution >= 0.6 is 0 Å². The van der Waals surface area contributed by atoms with E-state index in [0.29, 0.717) is 24.6 Å². The molecule has 1 fully saturated rings. The van der Waals surface area contributed by atoms with Crippen LogP contribution < -0.4 is 0 Å². The van der Waals surface area contributed by atoms with Gasteiger partial charge in [-0.25, -0.2) is 0 Å². The highest BCUT2D eigenvalue weighted by Gasteiger charge is 2.18. The summed E-state index contributed by atoms with van der Waals surface area (Å²) in [6, 6.07) is 1.90. The summed E-state index contributed by atoms with van der Waals surface area (Å²) in [5, 5.41) is 12.3. The Labute approximate surface area is 129 Å². The summed E-state index contributed by atoms with van der Waals surface area (Å²) < 4.78 is 7.36. The number of aromatic nitrogens is 4. The highest BCUT2D eigenvalue weighted by atomic mass is 16.4. The number of piperidine rings is 1. The Morgan fingerprint density at radius 3 is 2.73 bits per heavy atom. The summed E-state index contributed by atoms with van der Waals surface area (Å²) in [5.74, 6) is 1.12. The van der Waals surface area contributed by atoms with Gasteiger partial charge in [0.2, 0.25) is 11.8 Å². The van der Waals surface area contributed by atoms with Gasteiger partial charge in [-0.3, -0.25) is 9.48 Å². The molecule has 3 heterocycles. The van der Waals surface area contributed by atoms with Crippen molar-refractivity contribution in [3.63, 3.8) is 0 Å². The fourth-order valence-corrected chi connectivity index (χ4v) is 2.78. The Bertz CT molecular complexity index is 655. The first kappa shape index (κ1) is 14.7. The lowest BCUT2D eigenvalue weighted by atomic mass is 10.1. The average Bonchev–Trinajstić information content (AvgIpc) is 3.12. The normalized spacial score (nSPS) is 15.3. The predicted octanol–water partition coefficient (Wildman–Crippen LogP) is 1.72. The standard InChI is InChI=1S/C15H21N5O2/c1-11-10-12(19(2)18-11)15-17-16-13(22-15)6-7-14(21)20-8-4-3-5-9-20/h10H,3-9H2,1-2H3. The van der Waals surface area contributed by atoms with Crippen LogP contribution in [-0.4, -0.2) is 43.9 Å². The van der Waals surface area contributed by atoms with Gasteiger partial charge < -0.3 is 9.32 Å². The Balaban J connectivity index is 1.60. The van der Waals surface area contributed by atoms with E-state index in [1.807, 2.05) is 24.9 Å². The zero-order valence-electron chi connectivity index (χ0n) is 13.1. The molecule has 1 amide bonds. The Morgan fingerprint density at radius 2 is 2.05 bits per heavy atom. The molecule has 0 spiro atoms. The van der Waals surface area contributed by atoms with E-state index in [1.165, 1.54) is 6.42 Å². The van der Waals surface area contributed by atoms with Gasteiger partial charge in [-0.15, -0.1) is 10.2 Å². The molecule has 0 aromatic carbocycles. The molecule has 0 N–H and O–H groups in total. The molecule has 0 saturated carbocycles. The van der Waals surface area contributed by atoms with E-state index in [4.69, 9.17) is 4.42 Å². The number of amides is 1. The molecule has 118 valence electrons. The summed E-state index contributed by atoms with van der Waals surface area (Å²) in [6.45, 7) is 3.67. The van der Waals surface area contributed by atoms with E-state index in [9.17, 15) is 4.79 Å². The molecule has 22 heavy (non-hydrogen) atoms. The smallest absolute Gasteiger partial charge is 0.265 e. The number of rotatable bonds is 4. The first-order valence-electron chi connectivity index (χ1n) is 7.74. The maximum atomic E-state index is 12.1. The maximum Gasteiger partial charge on any atom is 0.265 e. The molecule has 0 unspecified atom stereocenters. The number of carbonyl (C=O) groups is 1. The highest BCUT2D eigenvalue weighted by Crippen LogP contribution is 2.19. The third-order valence-corrected chi connectivity index (χ3v) is 3.95. The number of hydrogen-bond donors (Lipinski definition) is 0. The molecule has 0 aliphatic carbocycles. The monoisotopic (exact) mass is 303 g/mol. The third-order valence-electron chi connectivity index (χ3n) is 3.95. The second-order valence-electron chi connectivity index (χ2n) is 5.74. The third kappa shape index (κ3) is 3.18. The molecule has 7 heteroatoms. The van der Waals surface area contributed by atoms with E-state index in [-0.39, 0.29) is 5.91 Å². The summed E-state index contributed by atoms with van der Waals surface area (Å²) in [5.41, 5.74) is 1.69. The van der Waals surface area contributed by atoms with Crippen molar-refractivity contribution in [2.24, 2.45) is 7.05 Å². The van der Waals surface area contributed by atoms with Crippen LogP contribution in [0.4, 0.5) is 0 Å². The molecule has 0 atom stereocenters. The van der Waals surface area contributed by atoms with Crippen molar-refractivity contribution in [3.8, 4) is 11.6 Å². The van der Waals surface area contributed by atoms with Crippen LogP contribution in [0.5, 0.6) is 0 Å². The van der Waals surface area contributed by atoms with Gasteiger partial charge in [0.15, 0.2) is 0 Å². The molecule has 7 nitrogen and oxygen atoms in total. The van der Waals surface area contributed by atoms with Crippen molar-refractivity contribution in [2.45, 2.75) is 39.0 Å². The van der Waals surface area contributed by atoms with Crippen molar-refractivity contribution in [1.82, 2.24) is 24.9 Å². The summed E-state index contributed by atoms with van der Waals surface area (Å²) >= 11 is 0. The average molecular weight is 303 g/mol. The molecule has 0 bridgehead atoms. The largest absolute Gasteiger partial charge is 0.419 e. The summed E-state index contributed by atoms with van der Waals surface area (Å²) in [4.78, 5) is 14.1. The molecule has 2 aromatic rings. The second kappa shape index (κ2) is 6.29. The first-order valence-corrected chi connectivity index (χ1v) is 7.74. The quantitative estimate of drug-likeness (QED) is 0.859. The van der Waals surface area contributed by atoms with Gasteiger partial charge in [-0.2, -0.15) is 5.10 Å². The lowest BCUT2D eigenvalue weighted by Gasteiger charge is -2.26. The van der Waals surface area contributed by atoms with E-state index in [1.54, 1.807) is 4.68 Å². The van der Waals surface area contributed by atoms with Gasteiger partial charge in [-0.1, -0.05) is 0 Å². The van der Waals surface area contributed by atoms with Crippen molar-refractivity contribution in [3.05, 3.63) is 17.7 Å².